The van der Waals surface area contributed by atoms with E-state index in [1.54, 1.807) is 0 Å². The third-order valence-electron chi connectivity index (χ3n) is 5.37. The number of pyridine rings is 1. The second-order valence-corrected chi connectivity index (χ2v) is 8.82. The number of furan rings is 1. The summed E-state index contributed by atoms with van der Waals surface area (Å²) in [6.45, 7) is 13.1. The molecule has 0 aliphatic heterocycles. The van der Waals surface area contributed by atoms with Crippen LogP contribution in [0.3, 0.4) is 0 Å². The first-order valence-corrected chi connectivity index (χ1v) is 9.81. The smallest absolute Gasteiger partial charge is 0.138 e. The van der Waals surface area contributed by atoms with Crippen molar-refractivity contribution in [2.75, 3.05) is 0 Å². The molecule has 0 aliphatic rings. The molecule has 0 N–H and O–H groups in total. The van der Waals surface area contributed by atoms with Crippen LogP contribution in [-0.4, -0.2) is 4.98 Å². The molecular weight excluding hydrogens is 342 g/mol. The lowest BCUT2D eigenvalue weighted by molar-refractivity contribution is 0.590. The van der Waals surface area contributed by atoms with Crippen LogP contribution in [0.4, 0.5) is 0 Å². The summed E-state index contributed by atoms with van der Waals surface area (Å²) < 4.78 is 6.27. The highest BCUT2D eigenvalue weighted by molar-refractivity contribution is 5.86. The molecule has 0 bridgehead atoms. The molecule has 2 aromatic carbocycles. The van der Waals surface area contributed by atoms with E-state index in [2.05, 4.69) is 90.1 Å². The highest BCUT2D eigenvalue weighted by Gasteiger charge is 2.16. The Morgan fingerprint density at radius 1 is 0.857 bits per heavy atom. The number of aryl methyl sites for hydroxylation is 3. The fraction of sp³-hybridized carbons (Fsp3) is 0.269. The van der Waals surface area contributed by atoms with Gasteiger partial charge in [0.2, 0.25) is 0 Å². The largest absolute Gasteiger partial charge is 0.456 e. The molecule has 0 unspecified atom stereocenters. The number of rotatable bonds is 2. The molecule has 142 valence electrons. The van der Waals surface area contributed by atoms with Crippen LogP contribution in [-0.2, 0) is 5.41 Å². The van der Waals surface area contributed by atoms with E-state index >= 15 is 0 Å². The van der Waals surface area contributed by atoms with Gasteiger partial charge in [0.1, 0.15) is 11.3 Å². The van der Waals surface area contributed by atoms with Gasteiger partial charge in [-0.25, -0.2) is 0 Å². The van der Waals surface area contributed by atoms with Crippen molar-refractivity contribution in [3.63, 3.8) is 0 Å². The van der Waals surface area contributed by atoms with Gasteiger partial charge >= 0.3 is 0 Å². The first-order valence-electron chi connectivity index (χ1n) is 9.81. The average Bonchev–Trinajstić information content (AvgIpc) is 3.03. The Balaban J connectivity index is 1.83. The van der Waals surface area contributed by atoms with Gasteiger partial charge in [0.05, 0.1) is 5.69 Å². The number of fused-ring (bicyclic) bond motifs is 1. The minimum atomic E-state index is 0.102. The SMILES string of the molecule is Cc1cc(-c2cc3oc(-c4c(C)cccc4C)cc3cn2)cc(C(C)(C)C)c1. The van der Waals surface area contributed by atoms with Gasteiger partial charge in [0.25, 0.3) is 0 Å². The first kappa shape index (κ1) is 18.5. The van der Waals surface area contributed by atoms with Crippen LogP contribution < -0.4 is 0 Å². The molecule has 0 amide bonds. The predicted molar refractivity (Wildman–Crippen MR) is 118 cm³/mol. The summed E-state index contributed by atoms with van der Waals surface area (Å²) in [7, 11) is 0. The van der Waals surface area contributed by atoms with Gasteiger partial charge in [-0.15, -0.1) is 0 Å². The highest BCUT2D eigenvalue weighted by atomic mass is 16.3. The van der Waals surface area contributed by atoms with Crippen molar-refractivity contribution in [2.45, 2.75) is 47.0 Å². The van der Waals surface area contributed by atoms with E-state index in [4.69, 9.17) is 9.40 Å². The van der Waals surface area contributed by atoms with E-state index in [9.17, 15) is 0 Å². The zero-order valence-electron chi connectivity index (χ0n) is 17.6. The van der Waals surface area contributed by atoms with E-state index in [-0.39, 0.29) is 5.41 Å². The van der Waals surface area contributed by atoms with Crippen molar-refractivity contribution in [3.05, 3.63) is 77.0 Å². The number of benzene rings is 2. The Kier molecular flexibility index (Phi) is 4.38. The number of hydrogen-bond acceptors (Lipinski definition) is 2. The summed E-state index contributed by atoms with van der Waals surface area (Å²) in [5.41, 5.74) is 9.25. The van der Waals surface area contributed by atoms with Crippen LogP contribution >= 0.6 is 0 Å². The Bertz CT molecular complexity index is 1150. The summed E-state index contributed by atoms with van der Waals surface area (Å²) in [5.74, 6) is 0.907. The summed E-state index contributed by atoms with van der Waals surface area (Å²) in [4.78, 5) is 4.73. The van der Waals surface area contributed by atoms with Gasteiger partial charge in [-0.1, -0.05) is 50.6 Å². The lowest BCUT2D eigenvalue weighted by Crippen LogP contribution is -2.11. The maximum absolute atomic E-state index is 6.27. The van der Waals surface area contributed by atoms with E-state index in [1.165, 1.54) is 27.8 Å². The first-order chi connectivity index (χ1) is 13.2. The van der Waals surface area contributed by atoms with Crippen LogP contribution in [0, 0.1) is 20.8 Å². The monoisotopic (exact) mass is 369 g/mol. The zero-order valence-corrected chi connectivity index (χ0v) is 17.6. The topological polar surface area (TPSA) is 26.0 Å². The van der Waals surface area contributed by atoms with E-state index < -0.39 is 0 Å². The van der Waals surface area contributed by atoms with Crippen LogP contribution in [0.25, 0.3) is 33.6 Å². The summed E-state index contributed by atoms with van der Waals surface area (Å²) >= 11 is 0. The zero-order chi connectivity index (χ0) is 20.1. The minimum absolute atomic E-state index is 0.102. The quantitative estimate of drug-likeness (QED) is 0.368. The van der Waals surface area contributed by atoms with Crippen molar-refractivity contribution in [2.24, 2.45) is 0 Å². The second-order valence-electron chi connectivity index (χ2n) is 8.82. The predicted octanol–water partition coefficient (Wildman–Crippen LogP) is 7.38. The molecule has 2 aromatic heterocycles. The fourth-order valence-corrected chi connectivity index (χ4v) is 3.78. The summed E-state index contributed by atoms with van der Waals surface area (Å²) in [6.07, 6.45) is 1.92. The van der Waals surface area contributed by atoms with Crippen molar-refractivity contribution < 1.29 is 4.42 Å². The van der Waals surface area contributed by atoms with Crippen LogP contribution in [0.5, 0.6) is 0 Å². The van der Waals surface area contributed by atoms with Crippen molar-refractivity contribution >= 4 is 11.0 Å². The lowest BCUT2D eigenvalue weighted by Gasteiger charge is -2.20. The molecule has 0 saturated carbocycles. The van der Waals surface area contributed by atoms with Gasteiger partial charge in [-0.2, -0.15) is 0 Å². The molecule has 0 saturated heterocycles. The number of hydrogen-bond donors (Lipinski definition) is 0. The standard InChI is InChI=1S/C26H27NO/c1-16-10-19(12-21(11-16)26(4,5)6)22-14-23-20(15-27-22)13-24(28-23)25-17(2)8-7-9-18(25)3/h7-15H,1-6H3. The molecule has 28 heavy (non-hydrogen) atoms. The van der Waals surface area contributed by atoms with E-state index in [0.717, 1.165) is 28.0 Å². The molecule has 2 heterocycles. The third-order valence-corrected chi connectivity index (χ3v) is 5.37. The Labute approximate surface area is 167 Å². The highest BCUT2D eigenvalue weighted by Crippen LogP contribution is 2.34. The molecular formula is C26H27NO. The maximum Gasteiger partial charge on any atom is 0.138 e. The van der Waals surface area contributed by atoms with Crippen LogP contribution in [0.2, 0.25) is 0 Å². The molecule has 4 rings (SSSR count). The third kappa shape index (κ3) is 3.35. The molecule has 2 heteroatoms. The van der Waals surface area contributed by atoms with Crippen molar-refractivity contribution in [3.8, 4) is 22.6 Å². The average molecular weight is 370 g/mol. The van der Waals surface area contributed by atoms with Gasteiger partial charge in [0.15, 0.2) is 0 Å². The van der Waals surface area contributed by atoms with Gasteiger partial charge in [0, 0.05) is 28.8 Å². The number of aromatic nitrogens is 1. The molecule has 0 fully saturated rings. The Morgan fingerprint density at radius 3 is 2.25 bits per heavy atom. The van der Waals surface area contributed by atoms with Gasteiger partial charge in [-0.3, -0.25) is 4.98 Å². The van der Waals surface area contributed by atoms with E-state index in [0.29, 0.717) is 0 Å². The van der Waals surface area contributed by atoms with E-state index in [1.807, 2.05) is 6.20 Å². The molecule has 2 nitrogen and oxygen atoms in total. The van der Waals surface area contributed by atoms with Gasteiger partial charge < -0.3 is 4.42 Å². The molecule has 0 atom stereocenters. The maximum atomic E-state index is 6.27. The molecule has 0 aliphatic carbocycles. The minimum Gasteiger partial charge on any atom is -0.456 e. The fourth-order valence-electron chi connectivity index (χ4n) is 3.78. The van der Waals surface area contributed by atoms with Crippen LogP contribution in [0.15, 0.2) is 59.1 Å². The Hall–Kier alpha value is -2.87. The molecule has 0 spiro atoms. The van der Waals surface area contributed by atoms with Gasteiger partial charge in [-0.05, 0) is 61.1 Å². The molecule has 0 radical (unpaired) electrons. The second kappa shape index (κ2) is 6.63. The summed E-state index contributed by atoms with van der Waals surface area (Å²) in [6, 6.07) is 17.2. The van der Waals surface area contributed by atoms with Crippen molar-refractivity contribution in [1.29, 1.82) is 0 Å². The normalized spacial score (nSPS) is 11.9. The molecule has 4 aromatic rings. The lowest BCUT2D eigenvalue weighted by atomic mass is 9.85. The summed E-state index contributed by atoms with van der Waals surface area (Å²) in [5, 5.41) is 1.03. The Morgan fingerprint density at radius 2 is 1.57 bits per heavy atom. The van der Waals surface area contributed by atoms with Crippen LogP contribution in [0.1, 0.15) is 43.0 Å². The van der Waals surface area contributed by atoms with Crippen molar-refractivity contribution in [1.82, 2.24) is 4.98 Å². The number of nitrogens with zero attached hydrogens (tertiary/aromatic N) is 1.